The maximum atomic E-state index is 12.7. The number of methoxy groups -OCH3 is 1. The Morgan fingerprint density at radius 3 is 2.80 bits per heavy atom. The number of rotatable bonds is 3. The van der Waals surface area contributed by atoms with Gasteiger partial charge >= 0.3 is 0 Å². The molecule has 1 aromatic heterocycles. The zero-order chi connectivity index (χ0) is 11.4. The predicted octanol–water partition coefficient (Wildman–Crippen LogP) is 2.86. The van der Waals surface area contributed by atoms with E-state index in [0.29, 0.717) is 0 Å². The summed E-state index contributed by atoms with van der Waals surface area (Å²) in [5.74, 6) is 0.0649. The molecule has 1 rings (SSSR count). The van der Waals surface area contributed by atoms with Crippen molar-refractivity contribution in [1.29, 1.82) is 5.26 Å². The molecule has 0 aliphatic rings. The number of halogens is 3. The van der Waals surface area contributed by atoms with Crippen LogP contribution >= 0.6 is 15.9 Å². The van der Waals surface area contributed by atoms with Gasteiger partial charge in [-0.2, -0.15) is 5.26 Å². The molecule has 1 heterocycles. The van der Waals surface area contributed by atoms with Gasteiger partial charge in [0.1, 0.15) is 0 Å². The van der Waals surface area contributed by atoms with Crippen LogP contribution in [0.3, 0.4) is 0 Å². The first-order valence-corrected chi connectivity index (χ1v) is 4.77. The van der Waals surface area contributed by atoms with Crippen molar-refractivity contribution >= 4 is 15.9 Å². The largest absolute Gasteiger partial charge is 0.481 e. The molecule has 0 aliphatic carbocycles. The fraction of sp³-hybridized carbons (Fsp3) is 0.333. The van der Waals surface area contributed by atoms with Gasteiger partial charge in [-0.05, 0) is 15.9 Å². The third-order valence-corrected chi connectivity index (χ3v) is 2.44. The molecule has 0 spiro atoms. The second-order valence-corrected chi connectivity index (χ2v) is 3.50. The number of nitriles is 1. The lowest BCUT2D eigenvalue weighted by Gasteiger charge is -2.11. The van der Waals surface area contributed by atoms with E-state index in [2.05, 4.69) is 20.9 Å². The van der Waals surface area contributed by atoms with E-state index in [0.717, 1.165) is 0 Å². The molecule has 1 aromatic rings. The normalized spacial score (nSPS) is 10.1. The lowest BCUT2D eigenvalue weighted by molar-refractivity contribution is 0.148. The lowest BCUT2D eigenvalue weighted by Crippen LogP contribution is -2.02. The number of ether oxygens (including phenoxy) is 1. The van der Waals surface area contributed by atoms with Crippen LogP contribution in [0.25, 0.3) is 0 Å². The number of pyridine rings is 1. The van der Waals surface area contributed by atoms with Gasteiger partial charge in [-0.25, -0.2) is 13.8 Å². The van der Waals surface area contributed by atoms with Crippen LogP contribution in [0, 0.1) is 11.3 Å². The summed E-state index contributed by atoms with van der Waals surface area (Å²) < 4.78 is 30.4. The molecule has 0 aromatic carbocycles. The van der Waals surface area contributed by atoms with Crippen LogP contribution in [-0.2, 0) is 6.42 Å². The Labute approximate surface area is 93.8 Å². The van der Waals surface area contributed by atoms with Crippen molar-refractivity contribution < 1.29 is 13.5 Å². The molecular weight excluding hydrogens is 270 g/mol. The topological polar surface area (TPSA) is 45.9 Å². The molecule has 0 unspecified atom stereocenters. The van der Waals surface area contributed by atoms with Crippen LogP contribution in [0.15, 0.2) is 10.7 Å². The summed E-state index contributed by atoms with van der Waals surface area (Å²) in [5.41, 5.74) is -0.104. The highest BCUT2D eigenvalue weighted by Crippen LogP contribution is 2.34. The van der Waals surface area contributed by atoms with Gasteiger partial charge < -0.3 is 4.74 Å². The van der Waals surface area contributed by atoms with Crippen LogP contribution in [-0.4, -0.2) is 12.1 Å². The first-order chi connectivity index (χ1) is 7.11. The maximum Gasteiger partial charge on any atom is 0.265 e. The quantitative estimate of drug-likeness (QED) is 0.853. The van der Waals surface area contributed by atoms with Crippen molar-refractivity contribution in [3.8, 4) is 11.9 Å². The molecule has 0 amide bonds. The summed E-state index contributed by atoms with van der Waals surface area (Å²) in [6.45, 7) is 0. The van der Waals surface area contributed by atoms with E-state index in [9.17, 15) is 8.78 Å². The molecule has 80 valence electrons. The number of nitrogens with zero attached hydrogens (tertiary/aromatic N) is 2. The van der Waals surface area contributed by atoms with Crippen molar-refractivity contribution in [3.05, 3.63) is 21.8 Å². The molecule has 6 heteroatoms. The Kier molecular flexibility index (Phi) is 3.97. The molecule has 3 nitrogen and oxygen atoms in total. The smallest absolute Gasteiger partial charge is 0.265 e. The molecule has 0 N–H and O–H groups in total. The fourth-order valence-corrected chi connectivity index (χ4v) is 1.70. The Morgan fingerprint density at radius 1 is 1.67 bits per heavy atom. The van der Waals surface area contributed by atoms with Crippen LogP contribution < -0.4 is 4.74 Å². The first kappa shape index (κ1) is 11.9. The van der Waals surface area contributed by atoms with Gasteiger partial charge in [0, 0.05) is 21.8 Å². The molecular formula is C9H7BrF2N2O. The standard InChI is InChI=1S/C9H7BrF2N2O/c1-15-9-5(2-3-13)7(8(11)12)6(10)4-14-9/h4,8H,2H2,1H3. The molecule has 0 atom stereocenters. The van der Waals surface area contributed by atoms with Crippen molar-refractivity contribution in [2.24, 2.45) is 0 Å². The average Bonchev–Trinajstić information content (AvgIpc) is 2.18. The molecule has 0 saturated heterocycles. The zero-order valence-corrected chi connectivity index (χ0v) is 9.38. The van der Waals surface area contributed by atoms with Crippen molar-refractivity contribution in [2.75, 3.05) is 7.11 Å². The summed E-state index contributed by atoms with van der Waals surface area (Å²) in [7, 11) is 1.33. The van der Waals surface area contributed by atoms with Gasteiger partial charge in [0.05, 0.1) is 19.6 Å². The molecule has 0 fully saturated rings. The fourth-order valence-electron chi connectivity index (χ4n) is 1.18. The second-order valence-electron chi connectivity index (χ2n) is 2.64. The number of hydrogen-bond acceptors (Lipinski definition) is 3. The van der Waals surface area contributed by atoms with E-state index in [4.69, 9.17) is 10.00 Å². The van der Waals surface area contributed by atoms with Gasteiger partial charge in [0.15, 0.2) is 0 Å². The Hall–Kier alpha value is -1.22. The molecule has 0 aliphatic heterocycles. The average molecular weight is 277 g/mol. The second kappa shape index (κ2) is 5.03. The Morgan fingerprint density at radius 2 is 2.33 bits per heavy atom. The van der Waals surface area contributed by atoms with E-state index in [1.807, 2.05) is 6.07 Å². The predicted molar refractivity (Wildman–Crippen MR) is 52.8 cm³/mol. The molecule has 15 heavy (non-hydrogen) atoms. The number of alkyl halides is 2. The first-order valence-electron chi connectivity index (χ1n) is 3.98. The summed E-state index contributed by atoms with van der Waals surface area (Å²) in [6, 6.07) is 1.81. The minimum absolute atomic E-state index is 0.0649. The highest BCUT2D eigenvalue weighted by atomic mass is 79.9. The molecule has 0 bridgehead atoms. The van der Waals surface area contributed by atoms with Crippen molar-refractivity contribution in [2.45, 2.75) is 12.8 Å². The highest BCUT2D eigenvalue weighted by Gasteiger charge is 2.21. The Balaban J connectivity index is 3.38. The zero-order valence-electron chi connectivity index (χ0n) is 7.80. The van der Waals surface area contributed by atoms with E-state index in [1.165, 1.54) is 13.3 Å². The van der Waals surface area contributed by atoms with Gasteiger partial charge in [0.2, 0.25) is 5.88 Å². The summed E-state index contributed by atoms with van der Waals surface area (Å²) >= 11 is 2.97. The summed E-state index contributed by atoms with van der Waals surface area (Å²) in [4.78, 5) is 3.80. The number of aromatic nitrogens is 1. The minimum atomic E-state index is -2.67. The monoisotopic (exact) mass is 276 g/mol. The third-order valence-electron chi connectivity index (χ3n) is 1.80. The third kappa shape index (κ3) is 2.42. The SMILES string of the molecule is COc1ncc(Br)c(C(F)F)c1CC#N. The van der Waals surface area contributed by atoms with E-state index in [-0.39, 0.29) is 27.9 Å². The minimum Gasteiger partial charge on any atom is -0.481 e. The van der Waals surface area contributed by atoms with Crippen LogP contribution in [0.2, 0.25) is 0 Å². The van der Waals surface area contributed by atoms with Gasteiger partial charge in [0.25, 0.3) is 6.43 Å². The molecule has 0 radical (unpaired) electrons. The molecule has 0 saturated carbocycles. The van der Waals surface area contributed by atoms with E-state index in [1.54, 1.807) is 0 Å². The summed E-state index contributed by atoms with van der Waals surface area (Å²) in [5, 5.41) is 8.54. The van der Waals surface area contributed by atoms with Crippen LogP contribution in [0.4, 0.5) is 8.78 Å². The highest BCUT2D eigenvalue weighted by molar-refractivity contribution is 9.10. The number of hydrogen-bond donors (Lipinski definition) is 0. The van der Waals surface area contributed by atoms with Gasteiger partial charge in [-0.1, -0.05) is 0 Å². The maximum absolute atomic E-state index is 12.7. The van der Waals surface area contributed by atoms with Crippen molar-refractivity contribution in [1.82, 2.24) is 4.98 Å². The van der Waals surface area contributed by atoms with E-state index < -0.39 is 6.43 Å². The Bertz CT molecular complexity index is 404. The van der Waals surface area contributed by atoms with E-state index >= 15 is 0 Å². The summed E-state index contributed by atoms with van der Waals surface area (Å²) in [6.07, 6.45) is -1.59. The van der Waals surface area contributed by atoms with Gasteiger partial charge in [-0.3, -0.25) is 0 Å². The lowest BCUT2D eigenvalue weighted by atomic mass is 10.1. The van der Waals surface area contributed by atoms with Crippen molar-refractivity contribution in [3.63, 3.8) is 0 Å². The van der Waals surface area contributed by atoms with Gasteiger partial charge in [-0.15, -0.1) is 0 Å². The van der Waals surface area contributed by atoms with Crippen LogP contribution in [0.1, 0.15) is 17.6 Å². The van der Waals surface area contributed by atoms with Crippen LogP contribution in [0.5, 0.6) is 5.88 Å².